The highest BCUT2D eigenvalue weighted by atomic mass is 32.2. The zero-order valence-corrected chi connectivity index (χ0v) is 14.9. The first-order valence-electron chi connectivity index (χ1n) is 7.91. The molecule has 1 saturated heterocycles. The van der Waals surface area contributed by atoms with Gasteiger partial charge in [0.1, 0.15) is 5.82 Å². The van der Waals surface area contributed by atoms with Crippen LogP contribution in [0.2, 0.25) is 0 Å². The Bertz CT molecular complexity index is 545. The zero-order chi connectivity index (χ0) is 16.7. The molecule has 4 nitrogen and oxygen atoms in total. The topological polar surface area (TPSA) is 45.7 Å². The molecule has 0 spiro atoms. The summed E-state index contributed by atoms with van der Waals surface area (Å²) in [6.45, 7) is 4.90. The van der Waals surface area contributed by atoms with E-state index in [0.717, 1.165) is 44.1 Å². The number of hydrogen-bond acceptors (Lipinski definition) is 3. The third kappa shape index (κ3) is 5.11. The fourth-order valence-electron chi connectivity index (χ4n) is 2.66. The minimum atomic E-state index is -0.169. The summed E-state index contributed by atoms with van der Waals surface area (Å²) in [5, 5.41) is 6.70. The van der Waals surface area contributed by atoms with E-state index in [0.29, 0.717) is 12.1 Å². The summed E-state index contributed by atoms with van der Waals surface area (Å²) < 4.78 is 19.0. The summed E-state index contributed by atoms with van der Waals surface area (Å²) in [4.78, 5) is 4.27. The van der Waals surface area contributed by atoms with Crippen molar-refractivity contribution in [3.63, 3.8) is 0 Å². The maximum atomic E-state index is 13.3. The van der Waals surface area contributed by atoms with Crippen molar-refractivity contribution < 1.29 is 9.13 Å². The van der Waals surface area contributed by atoms with E-state index in [2.05, 4.69) is 21.9 Å². The van der Waals surface area contributed by atoms with Gasteiger partial charge in [-0.05, 0) is 43.2 Å². The van der Waals surface area contributed by atoms with Gasteiger partial charge in [0.25, 0.3) is 0 Å². The van der Waals surface area contributed by atoms with Gasteiger partial charge in [-0.3, -0.25) is 4.99 Å². The molecule has 2 rings (SSSR count). The molecule has 1 aliphatic rings. The fraction of sp³-hybridized carbons (Fsp3) is 0.588. The molecule has 1 aromatic carbocycles. The number of nitrogens with one attached hydrogen (secondary N) is 2. The zero-order valence-electron chi connectivity index (χ0n) is 14.1. The van der Waals surface area contributed by atoms with Gasteiger partial charge in [-0.25, -0.2) is 4.39 Å². The third-order valence-corrected chi connectivity index (χ3v) is 5.74. The fourth-order valence-corrected chi connectivity index (χ4v) is 3.46. The summed E-state index contributed by atoms with van der Waals surface area (Å²) in [6, 6.07) is 5.16. The molecule has 128 valence electrons. The van der Waals surface area contributed by atoms with Crippen LogP contribution >= 0.6 is 11.8 Å². The number of benzene rings is 1. The van der Waals surface area contributed by atoms with Crippen molar-refractivity contribution in [2.75, 3.05) is 33.1 Å². The SMILES string of the molecule is CN=C(NCc1ccc(F)c(C)c1)NCC1(SC)CCOCC1. The largest absolute Gasteiger partial charge is 0.381 e. The summed E-state index contributed by atoms with van der Waals surface area (Å²) in [7, 11) is 1.76. The maximum Gasteiger partial charge on any atom is 0.191 e. The van der Waals surface area contributed by atoms with E-state index in [1.807, 2.05) is 17.8 Å². The van der Waals surface area contributed by atoms with Crippen molar-refractivity contribution in [3.8, 4) is 0 Å². The summed E-state index contributed by atoms with van der Waals surface area (Å²) in [5.41, 5.74) is 1.70. The van der Waals surface area contributed by atoms with Gasteiger partial charge in [-0.15, -0.1) is 0 Å². The monoisotopic (exact) mass is 339 g/mol. The van der Waals surface area contributed by atoms with E-state index in [-0.39, 0.29) is 10.6 Å². The predicted molar refractivity (Wildman–Crippen MR) is 95.6 cm³/mol. The first kappa shape index (κ1) is 18.1. The van der Waals surface area contributed by atoms with Crippen LogP contribution in [-0.4, -0.2) is 43.8 Å². The van der Waals surface area contributed by atoms with Crippen molar-refractivity contribution in [1.82, 2.24) is 10.6 Å². The Kier molecular flexibility index (Phi) is 6.72. The van der Waals surface area contributed by atoms with Crippen LogP contribution in [0, 0.1) is 12.7 Å². The molecular formula is C17H26FN3OS. The molecule has 0 amide bonds. The average Bonchev–Trinajstić information content (AvgIpc) is 2.59. The van der Waals surface area contributed by atoms with Crippen LogP contribution in [-0.2, 0) is 11.3 Å². The second-order valence-corrected chi connectivity index (χ2v) is 7.14. The van der Waals surface area contributed by atoms with E-state index < -0.39 is 0 Å². The van der Waals surface area contributed by atoms with Crippen LogP contribution in [0.3, 0.4) is 0 Å². The molecule has 1 aromatic rings. The second-order valence-electron chi connectivity index (χ2n) is 5.86. The minimum Gasteiger partial charge on any atom is -0.381 e. The minimum absolute atomic E-state index is 0.169. The molecular weight excluding hydrogens is 313 g/mol. The smallest absolute Gasteiger partial charge is 0.191 e. The second kappa shape index (κ2) is 8.55. The van der Waals surface area contributed by atoms with Gasteiger partial charge >= 0.3 is 0 Å². The Morgan fingerprint density at radius 3 is 2.70 bits per heavy atom. The van der Waals surface area contributed by atoms with Crippen LogP contribution in [0.4, 0.5) is 4.39 Å². The Balaban J connectivity index is 1.86. The van der Waals surface area contributed by atoms with Crippen molar-refractivity contribution in [2.45, 2.75) is 31.1 Å². The predicted octanol–water partition coefficient (Wildman–Crippen LogP) is 2.71. The number of rotatable bonds is 5. The van der Waals surface area contributed by atoms with E-state index >= 15 is 0 Å². The van der Waals surface area contributed by atoms with E-state index in [1.165, 1.54) is 6.07 Å². The van der Waals surface area contributed by atoms with E-state index in [9.17, 15) is 4.39 Å². The number of hydrogen-bond donors (Lipinski definition) is 2. The van der Waals surface area contributed by atoms with Crippen molar-refractivity contribution in [2.24, 2.45) is 4.99 Å². The molecule has 2 N–H and O–H groups in total. The van der Waals surface area contributed by atoms with Crippen molar-refractivity contribution in [3.05, 3.63) is 35.1 Å². The lowest BCUT2D eigenvalue weighted by atomic mass is 9.99. The Morgan fingerprint density at radius 2 is 2.09 bits per heavy atom. The number of aryl methyl sites for hydroxylation is 1. The average molecular weight is 339 g/mol. The van der Waals surface area contributed by atoms with Gasteiger partial charge in [0, 0.05) is 38.1 Å². The summed E-state index contributed by atoms with van der Waals surface area (Å²) >= 11 is 1.90. The highest BCUT2D eigenvalue weighted by Crippen LogP contribution is 2.32. The van der Waals surface area contributed by atoms with Crippen LogP contribution in [0.1, 0.15) is 24.0 Å². The molecule has 0 radical (unpaired) electrons. The van der Waals surface area contributed by atoms with Crippen molar-refractivity contribution >= 4 is 17.7 Å². The number of ether oxygens (including phenoxy) is 1. The Morgan fingerprint density at radius 1 is 1.35 bits per heavy atom. The molecule has 1 fully saturated rings. The first-order valence-corrected chi connectivity index (χ1v) is 9.13. The molecule has 6 heteroatoms. The standard InChI is InChI=1S/C17H26FN3OS/c1-13-10-14(4-5-15(13)18)11-20-16(19-2)21-12-17(23-3)6-8-22-9-7-17/h4-5,10H,6-9,11-12H2,1-3H3,(H2,19,20,21). The quantitative estimate of drug-likeness (QED) is 0.640. The molecule has 0 bridgehead atoms. The lowest BCUT2D eigenvalue weighted by Gasteiger charge is -2.36. The lowest BCUT2D eigenvalue weighted by molar-refractivity contribution is 0.0783. The summed E-state index contributed by atoms with van der Waals surface area (Å²) in [5.74, 6) is 0.601. The van der Waals surface area contributed by atoms with Gasteiger partial charge < -0.3 is 15.4 Å². The highest BCUT2D eigenvalue weighted by Gasteiger charge is 2.31. The normalized spacial score (nSPS) is 17.8. The third-order valence-electron chi connectivity index (χ3n) is 4.32. The maximum absolute atomic E-state index is 13.3. The Labute approximate surface area is 142 Å². The molecule has 0 aromatic heterocycles. The molecule has 0 atom stereocenters. The number of aliphatic imine (C=N–C) groups is 1. The van der Waals surface area contributed by atoms with Gasteiger partial charge in [-0.1, -0.05) is 12.1 Å². The van der Waals surface area contributed by atoms with Gasteiger partial charge in [0.15, 0.2) is 5.96 Å². The lowest BCUT2D eigenvalue weighted by Crippen LogP contribution is -2.47. The van der Waals surface area contributed by atoms with Crippen LogP contribution in [0.5, 0.6) is 0 Å². The first-order chi connectivity index (χ1) is 11.1. The summed E-state index contributed by atoms with van der Waals surface area (Å²) in [6.07, 6.45) is 4.26. The molecule has 23 heavy (non-hydrogen) atoms. The van der Waals surface area contributed by atoms with Crippen LogP contribution in [0.25, 0.3) is 0 Å². The van der Waals surface area contributed by atoms with Crippen molar-refractivity contribution in [1.29, 1.82) is 0 Å². The van der Waals surface area contributed by atoms with Gasteiger partial charge in [0.2, 0.25) is 0 Å². The highest BCUT2D eigenvalue weighted by molar-refractivity contribution is 8.00. The van der Waals surface area contributed by atoms with Gasteiger partial charge in [0.05, 0.1) is 0 Å². The number of guanidine groups is 1. The number of nitrogens with zero attached hydrogens (tertiary/aromatic N) is 1. The molecule has 0 unspecified atom stereocenters. The molecule has 0 aliphatic carbocycles. The number of thioether (sulfide) groups is 1. The molecule has 1 aliphatic heterocycles. The molecule has 1 heterocycles. The van der Waals surface area contributed by atoms with Crippen LogP contribution in [0.15, 0.2) is 23.2 Å². The van der Waals surface area contributed by atoms with Gasteiger partial charge in [-0.2, -0.15) is 11.8 Å². The van der Waals surface area contributed by atoms with E-state index in [4.69, 9.17) is 4.74 Å². The van der Waals surface area contributed by atoms with Crippen LogP contribution < -0.4 is 10.6 Å². The number of halogens is 1. The molecule has 0 saturated carbocycles. The van der Waals surface area contributed by atoms with E-state index in [1.54, 1.807) is 20.0 Å². The Hall–Kier alpha value is -1.27.